The minimum atomic E-state index is -4.39. The molecule has 0 aliphatic carbocycles. The van der Waals surface area contributed by atoms with Crippen LogP contribution in [0.25, 0.3) is 11.3 Å². The summed E-state index contributed by atoms with van der Waals surface area (Å²) < 4.78 is 51.0. The second-order valence-corrected chi connectivity index (χ2v) is 5.61. The van der Waals surface area contributed by atoms with Gasteiger partial charge in [-0.2, -0.15) is 13.2 Å². The molecule has 2 nitrogen and oxygen atoms in total. The minimum Gasteiger partial charge on any atom is -1.00 e. The predicted octanol–water partition coefficient (Wildman–Crippen LogP) is 2.72. The number of nitrogens with one attached hydrogen (secondary N) is 1. The van der Waals surface area contributed by atoms with Crippen LogP contribution < -0.4 is 22.3 Å². The van der Waals surface area contributed by atoms with Crippen LogP contribution in [-0.2, 0) is 6.18 Å². The van der Waals surface area contributed by atoms with Crippen molar-refractivity contribution in [3.8, 4) is 11.3 Å². The van der Waals surface area contributed by atoms with E-state index in [-0.39, 0.29) is 22.8 Å². The first-order valence-corrected chi connectivity index (χ1v) is 7.45. The molecule has 1 N–H and O–H groups in total. The third-order valence-electron chi connectivity index (χ3n) is 3.09. The van der Waals surface area contributed by atoms with E-state index in [1.165, 1.54) is 35.6 Å². The van der Waals surface area contributed by atoms with E-state index in [0.29, 0.717) is 16.5 Å². The second kappa shape index (κ2) is 7.31. The van der Waals surface area contributed by atoms with Gasteiger partial charge in [0, 0.05) is 16.6 Å². The summed E-state index contributed by atoms with van der Waals surface area (Å²) in [6.45, 7) is 0. The maximum atomic E-state index is 12.9. The van der Waals surface area contributed by atoms with Crippen LogP contribution in [0.15, 0.2) is 53.9 Å². The van der Waals surface area contributed by atoms with E-state index in [1.54, 1.807) is 17.5 Å². The number of benzene rings is 2. The first-order valence-electron chi connectivity index (χ1n) is 6.57. The molecule has 3 rings (SSSR count). The molecule has 0 aliphatic heterocycles. The summed E-state index contributed by atoms with van der Waals surface area (Å²) in [5.74, 6) is -0.341. The zero-order valence-corrected chi connectivity index (χ0v) is 14.3. The maximum absolute atomic E-state index is 12.9. The van der Waals surface area contributed by atoms with Gasteiger partial charge >= 0.3 is 6.18 Å². The lowest BCUT2D eigenvalue weighted by Gasteiger charge is -2.08. The summed E-state index contributed by atoms with van der Waals surface area (Å²) in [5.41, 5.74) is 0.946. The lowest BCUT2D eigenvalue weighted by atomic mass is 10.2. The van der Waals surface area contributed by atoms with Crippen molar-refractivity contribution in [2.45, 2.75) is 6.18 Å². The second-order valence-electron chi connectivity index (χ2n) is 4.75. The fraction of sp³-hybridized carbons (Fsp3) is 0.0625. The number of hydrogen-bond acceptors (Lipinski definition) is 3. The molecule has 0 aliphatic rings. The molecule has 0 radical (unpaired) electrons. The molecule has 1 aromatic heterocycles. The van der Waals surface area contributed by atoms with Gasteiger partial charge in [-0.3, -0.25) is 0 Å². The van der Waals surface area contributed by atoms with E-state index in [2.05, 4.69) is 10.3 Å². The van der Waals surface area contributed by atoms with Gasteiger partial charge in [-0.15, -0.1) is 11.3 Å². The first kappa shape index (κ1) is 18.4. The van der Waals surface area contributed by atoms with Gasteiger partial charge in [0.1, 0.15) is 5.82 Å². The standard InChI is InChI=1S/C16H10F4N2S.BrH/c17-12-6-4-10(5-7-12)14-9-23-15(22-14)21-13-3-1-2-11(8-13)16(18,19)20;/h1-9H,(H,21,22);1H/p-1. The summed E-state index contributed by atoms with van der Waals surface area (Å²) in [7, 11) is 0. The molecule has 3 aromatic rings. The summed E-state index contributed by atoms with van der Waals surface area (Å²) in [6.07, 6.45) is -4.39. The third-order valence-corrected chi connectivity index (χ3v) is 3.84. The highest BCUT2D eigenvalue weighted by atomic mass is 79.9. The first-order chi connectivity index (χ1) is 10.9. The summed E-state index contributed by atoms with van der Waals surface area (Å²) in [4.78, 5) is 4.30. The van der Waals surface area contributed by atoms with Crippen LogP contribution in [0.4, 0.5) is 28.4 Å². The van der Waals surface area contributed by atoms with Gasteiger partial charge < -0.3 is 22.3 Å². The smallest absolute Gasteiger partial charge is 0.416 e. The van der Waals surface area contributed by atoms with Crippen LogP contribution in [0, 0.1) is 5.82 Å². The number of aromatic nitrogens is 1. The van der Waals surface area contributed by atoms with E-state index in [9.17, 15) is 17.6 Å². The molecule has 2 aromatic carbocycles. The van der Waals surface area contributed by atoms with Gasteiger partial charge in [-0.05, 0) is 42.5 Å². The molecule has 0 fully saturated rings. The van der Waals surface area contributed by atoms with E-state index < -0.39 is 11.7 Å². The molecular formula is C16H10BrF4N2S-. The molecule has 0 bridgehead atoms. The van der Waals surface area contributed by atoms with E-state index in [4.69, 9.17) is 0 Å². The molecule has 0 saturated heterocycles. The number of halogens is 5. The number of alkyl halides is 3. The Bertz CT molecular complexity index is 815. The van der Waals surface area contributed by atoms with E-state index >= 15 is 0 Å². The van der Waals surface area contributed by atoms with Crippen LogP contribution in [-0.4, -0.2) is 4.98 Å². The van der Waals surface area contributed by atoms with Crippen LogP contribution in [0.3, 0.4) is 0 Å². The average Bonchev–Trinajstić information content (AvgIpc) is 2.96. The SMILES string of the molecule is Fc1ccc(-c2csc(Nc3cccc(C(F)(F)F)c3)n2)cc1.[Br-]. The van der Waals surface area contributed by atoms with Crippen molar-refractivity contribution in [3.63, 3.8) is 0 Å². The van der Waals surface area contributed by atoms with Gasteiger partial charge in [0.2, 0.25) is 0 Å². The van der Waals surface area contributed by atoms with Crippen LogP contribution in [0.2, 0.25) is 0 Å². The molecule has 0 atom stereocenters. The van der Waals surface area contributed by atoms with Gasteiger partial charge in [0.15, 0.2) is 5.13 Å². The molecule has 8 heteroatoms. The van der Waals surface area contributed by atoms with Gasteiger partial charge in [-0.25, -0.2) is 9.37 Å². The Labute approximate surface area is 149 Å². The van der Waals surface area contributed by atoms with Crippen molar-refractivity contribution in [2.24, 2.45) is 0 Å². The fourth-order valence-corrected chi connectivity index (χ4v) is 2.72. The maximum Gasteiger partial charge on any atom is 0.416 e. The molecule has 126 valence electrons. The van der Waals surface area contributed by atoms with Crippen molar-refractivity contribution in [1.82, 2.24) is 4.98 Å². The lowest BCUT2D eigenvalue weighted by Crippen LogP contribution is -3.00. The van der Waals surface area contributed by atoms with Crippen LogP contribution in [0.5, 0.6) is 0 Å². The number of anilines is 2. The summed E-state index contributed by atoms with van der Waals surface area (Å²) >= 11 is 1.26. The largest absolute Gasteiger partial charge is 1.00 e. The normalized spacial score (nSPS) is 11.0. The Morgan fingerprint density at radius 2 is 1.71 bits per heavy atom. The topological polar surface area (TPSA) is 24.9 Å². The Morgan fingerprint density at radius 1 is 1.00 bits per heavy atom. The molecule has 0 saturated carbocycles. The van der Waals surface area contributed by atoms with Crippen molar-refractivity contribution < 1.29 is 34.5 Å². The van der Waals surface area contributed by atoms with Crippen LogP contribution in [0.1, 0.15) is 5.56 Å². The van der Waals surface area contributed by atoms with Gasteiger partial charge in [-0.1, -0.05) is 6.07 Å². The predicted molar refractivity (Wildman–Crippen MR) is 82.2 cm³/mol. The van der Waals surface area contributed by atoms with Crippen LogP contribution >= 0.6 is 11.3 Å². The fourth-order valence-electron chi connectivity index (χ4n) is 1.98. The molecule has 0 spiro atoms. The molecule has 0 unspecified atom stereocenters. The number of hydrogen-bond donors (Lipinski definition) is 1. The van der Waals surface area contributed by atoms with Crippen molar-refractivity contribution >= 4 is 22.2 Å². The van der Waals surface area contributed by atoms with Crippen molar-refractivity contribution in [3.05, 3.63) is 65.3 Å². The highest BCUT2D eigenvalue weighted by molar-refractivity contribution is 7.14. The molecule has 0 amide bonds. The van der Waals surface area contributed by atoms with E-state index in [0.717, 1.165) is 17.7 Å². The Kier molecular flexibility index (Phi) is 5.61. The number of thiazole rings is 1. The quantitative estimate of drug-likeness (QED) is 0.662. The highest BCUT2D eigenvalue weighted by Gasteiger charge is 2.30. The van der Waals surface area contributed by atoms with Crippen molar-refractivity contribution in [1.29, 1.82) is 0 Å². The van der Waals surface area contributed by atoms with Gasteiger partial charge in [0.05, 0.1) is 11.3 Å². The molecule has 1 heterocycles. The lowest BCUT2D eigenvalue weighted by molar-refractivity contribution is -0.137. The monoisotopic (exact) mass is 417 g/mol. The molecule has 24 heavy (non-hydrogen) atoms. The summed E-state index contributed by atoms with van der Waals surface area (Å²) in [5, 5.41) is 5.07. The average molecular weight is 418 g/mol. The Hall–Kier alpha value is -1.93. The highest BCUT2D eigenvalue weighted by Crippen LogP contribution is 2.32. The number of nitrogens with zero attached hydrogens (tertiary/aromatic N) is 1. The van der Waals surface area contributed by atoms with E-state index in [1.807, 2.05) is 0 Å². The minimum absolute atomic E-state index is 0. The number of rotatable bonds is 3. The zero-order valence-electron chi connectivity index (χ0n) is 11.9. The third kappa shape index (κ3) is 4.33. The Balaban J connectivity index is 0.00000208. The zero-order chi connectivity index (χ0) is 16.4. The Morgan fingerprint density at radius 3 is 2.38 bits per heavy atom. The molecular weight excluding hydrogens is 408 g/mol. The summed E-state index contributed by atoms with van der Waals surface area (Å²) in [6, 6.07) is 10.8. The van der Waals surface area contributed by atoms with Crippen molar-refractivity contribution in [2.75, 3.05) is 5.32 Å². The van der Waals surface area contributed by atoms with Gasteiger partial charge in [0.25, 0.3) is 0 Å².